The van der Waals surface area contributed by atoms with Crippen LogP contribution in [0.3, 0.4) is 0 Å². The van der Waals surface area contributed by atoms with Crippen molar-refractivity contribution in [2.75, 3.05) is 50.9 Å². The monoisotopic (exact) mass is 484 g/mol. The van der Waals surface area contributed by atoms with Crippen LogP contribution in [0.5, 0.6) is 5.75 Å². The number of carbonyl (C=O) groups excluding carboxylic acids is 1. The quantitative estimate of drug-likeness (QED) is 0.476. The normalized spacial score (nSPS) is 14.7. The molecule has 0 saturated carbocycles. The van der Waals surface area contributed by atoms with E-state index in [0.717, 1.165) is 30.1 Å². The molecule has 0 atom stereocenters. The molecule has 178 valence electrons. The van der Waals surface area contributed by atoms with Crippen molar-refractivity contribution >= 4 is 35.7 Å². The minimum absolute atomic E-state index is 0. The van der Waals surface area contributed by atoms with E-state index in [1.165, 1.54) is 0 Å². The molecule has 0 bridgehead atoms. The van der Waals surface area contributed by atoms with E-state index in [4.69, 9.17) is 26.2 Å². The van der Waals surface area contributed by atoms with E-state index in [9.17, 15) is 4.79 Å². The summed E-state index contributed by atoms with van der Waals surface area (Å²) >= 11 is 6.24. The molecule has 1 saturated heterocycles. The lowest BCUT2D eigenvalue weighted by Gasteiger charge is -2.32. The first-order valence-corrected chi connectivity index (χ1v) is 11.3. The first-order valence-electron chi connectivity index (χ1n) is 10.9. The van der Waals surface area contributed by atoms with Gasteiger partial charge in [-0.05, 0) is 38.0 Å². The molecule has 0 N–H and O–H groups in total. The molecule has 3 rings (SSSR count). The number of benzene rings is 1. The fourth-order valence-corrected chi connectivity index (χ4v) is 3.70. The number of carbonyl (C=O) groups is 1. The summed E-state index contributed by atoms with van der Waals surface area (Å²) in [5.74, 6) is 2.00. The Balaban J connectivity index is 0.00000363. The van der Waals surface area contributed by atoms with Gasteiger partial charge in [0.15, 0.2) is 5.82 Å². The Labute approximate surface area is 202 Å². The van der Waals surface area contributed by atoms with Gasteiger partial charge in [0.25, 0.3) is 0 Å². The number of piperazine rings is 1. The van der Waals surface area contributed by atoms with Crippen LogP contribution in [0.15, 0.2) is 24.3 Å². The summed E-state index contributed by atoms with van der Waals surface area (Å²) in [4.78, 5) is 16.6. The predicted molar refractivity (Wildman–Crippen MR) is 130 cm³/mol. The Morgan fingerprint density at radius 1 is 1.22 bits per heavy atom. The number of ether oxygens (including phenoxy) is 2. The fourth-order valence-electron chi connectivity index (χ4n) is 3.51. The van der Waals surface area contributed by atoms with Gasteiger partial charge in [0.05, 0.1) is 26.3 Å². The highest BCUT2D eigenvalue weighted by Crippen LogP contribution is 2.26. The third kappa shape index (κ3) is 7.10. The van der Waals surface area contributed by atoms with Gasteiger partial charge in [-0.1, -0.05) is 25.4 Å². The van der Waals surface area contributed by atoms with E-state index in [1.54, 1.807) is 4.90 Å². The number of aryl methyl sites for hydroxylation is 1. The molecule has 7 nitrogen and oxygen atoms in total. The average Bonchev–Trinajstić information content (AvgIpc) is 3.07. The first kappa shape index (κ1) is 26.5. The molecule has 1 fully saturated rings. The molecule has 0 unspecified atom stereocenters. The maximum absolute atomic E-state index is 12.7. The van der Waals surface area contributed by atoms with Crippen LogP contribution in [0.25, 0.3) is 0 Å². The number of aromatic nitrogens is 2. The number of hydrogen-bond donors (Lipinski definition) is 0. The van der Waals surface area contributed by atoms with Gasteiger partial charge in [0.2, 0.25) is 5.91 Å². The van der Waals surface area contributed by atoms with E-state index in [2.05, 4.69) is 18.7 Å². The molecule has 1 amide bonds. The average molecular weight is 485 g/mol. The highest BCUT2D eigenvalue weighted by molar-refractivity contribution is 6.30. The van der Waals surface area contributed by atoms with Crippen molar-refractivity contribution in [3.63, 3.8) is 0 Å². The molecule has 1 aromatic heterocycles. The van der Waals surface area contributed by atoms with Crippen molar-refractivity contribution < 1.29 is 14.3 Å². The smallest absolute Gasteiger partial charge is 0.242 e. The van der Waals surface area contributed by atoms with Crippen LogP contribution in [0, 0.1) is 12.8 Å². The van der Waals surface area contributed by atoms with Crippen molar-refractivity contribution in [1.82, 2.24) is 14.7 Å². The molecule has 1 aliphatic heterocycles. The summed E-state index contributed by atoms with van der Waals surface area (Å²) in [6.07, 6.45) is 0. The second-order valence-corrected chi connectivity index (χ2v) is 8.71. The van der Waals surface area contributed by atoms with Gasteiger partial charge in [0.1, 0.15) is 5.75 Å². The van der Waals surface area contributed by atoms with E-state index in [-0.39, 0.29) is 18.3 Å². The Hall–Kier alpha value is -1.80. The van der Waals surface area contributed by atoms with Crippen molar-refractivity contribution in [2.45, 2.75) is 34.2 Å². The van der Waals surface area contributed by atoms with Crippen LogP contribution in [0.1, 0.15) is 32.0 Å². The lowest BCUT2D eigenvalue weighted by atomic mass is 10.2. The second-order valence-electron chi connectivity index (χ2n) is 8.28. The predicted octanol–water partition coefficient (Wildman–Crippen LogP) is 4.03. The molecule has 2 heterocycles. The van der Waals surface area contributed by atoms with Gasteiger partial charge in [-0.2, -0.15) is 5.10 Å². The number of hydrogen-bond acceptors (Lipinski definition) is 5. The van der Waals surface area contributed by atoms with Crippen LogP contribution in [0.2, 0.25) is 5.02 Å². The number of amides is 1. The van der Waals surface area contributed by atoms with Crippen LogP contribution in [0.4, 0.5) is 5.82 Å². The molecular weight excluding hydrogens is 451 g/mol. The lowest BCUT2D eigenvalue weighted by molar-refractivity contribution is -0.121. The summed E-state index contributed by atoms with van der Waals surface area (Å²) in [6.45, 7) is 13.3. The van der Waals surface area contributed by atoms with Gasteiger partial charge in [-0.25, -0.2) is 0 Å². The topological polar surface area (TPSA) is 59.8 Å². The Bertz CT molecular complexity index is 888. The molecule has 32 heavy (non-hydrogen) atoms. The standard InChI is InChI=1S/C23H33ClN4O3.ClH/c1-5-30-11-10-26-8-9-27(23(29)15-26)22-12-18(4)28(25-22)14-19-13-20(24)6-7-21(19)31-16-17(2)3;/h6-7,12-13,17H,5,8-11,14-16H2,1-4H3;1H. The lowest BCUT2D eigenvalue weighted by Crippen LogP contribution is -2.51. The summed E-state index contributed by atoms with van der Waals surface area (Å²) in [5.41, 5.74) is 1.95. The zero-order chi connectivity index (χ0) is 22.4. The number of nitrogens with zero attached hydrogens (tertiary/aromatic N) is 4. The number of rotatable bonds is 10. The number of anilines is 1. The third-order valence-electron chi connectivity index (χ3n) is 5.22. The van der Waals surface area contributed by atoms with Crippen molar-refractivity contribution in [2.24, 2.45) is 5.92 Å². The molecule has 9 heteroatoms. The van der Waals surface area contributed by atoms with Gasteiger partial charge in [-0.3, -0.25) is 19.3 Å². The van der Waals surface area contributed by atoms with E-state index in [1.807, 2.05) is 42.8 Å². The SMILES string of the molecule is CCOCCN1CCN(c2cc(C)n(Cc3cc(Cl)ccc3OCC(C)C)n2)C(=O)C1.Cl. The van der Waals surface area contributed by atoms with E-state index < -0.39 is 0 Å². The fraction of sp³-hybridized carbons (Fsp3) is 0.565. The summed E-state index contributed by atoms with van der Waals surface area (Å²) in [6, 6.07) is 7.63. The maximum Gasteiger partial charge on any atom is 0.242 e. The largest absolute Gasteiger partial charge is 0.493 e. The third-order valence-corrected chi connectivity index (χ3v) is 5.45. The zero-order valence-corrected chi connectivity index (χ0v) is 20.9. The molecule has 1 aromatic carbocycles. The summed E-state index contributed by atoms with van der Waals surface area (Å²) in [5, 5.41) is 5.39. The zero-order valence-electron chi connectivity index (χ0n) is 19.3. The summed E-state index contributed by atoms with van der Waals surface area (Å²) < 4.78 is 13.3. The van der Waals surface area contributed by atoms with Gasteiger partial charge < -0.3 is 9.47 Å². The highest BCUT2D eigenvalue weighted by Gasteiger charge is 2.27. The number of halogens is 2. The second kappa shape index (κ2) is 12.4. The molecule has 2 aromatic rings. The molecule has 0 radical (unpaired) electrons. The maximum atomic E-state index is 12.7. The van der Waals surface area contributed by atoms with Gasteiger partial charge >= 0.3 is 0 Å². The van der Waals surface area contributed by atoms with Gasteiger partial charge in [0, 0.05) is 48.6 Å². The highest BCUT2D eigenvalue weighted by atomic mass is 35.5. The molecule has 0 aliphatic carbocycles. The van der Waals surface area contributed by atoms with Crippen molar-refractivity contribution in [3.05, 3.63) is 40.5 Å². The van der Waals surface area contributed by atoms with E-state index >= 15 is 0 Å². The molecular formula is C23H34Cl2N4O3. The minimum Gasteiger partial charge on any atom is -0.493 e. The first-order chi connectivity index (χ1) is 14.9. The minimum atomic E-state index is 0. The van der Waals surface area contributed by atoms with Crippen molar-refractivity contribution in [1.29, 1.82) is 0 Å². The Kier molecular flexibility index (Phi) is 10.3. The van der Waals surface area contributed by atoms with Crippen LogP contribution >= 0.6 is 24.0 Å². The van der Waals surface area contributed by atoms with Gasteiger partial charge in [-0.15, -0.1) is 12.4 Å². The Morgan fingerprint density at radius 2 is 2.00 bits per heavy atom. The van der Waals surface area contributed by atoms with Crippen molar-refractivity contribution in [3.8, 4) is 5.75 Å². The van der Waals surface area contributed by atoms with E-state index in [0.29, 0.717) is 56.2 Å². The molecule has 1 aliphatic rings. The van der Waals surface area contributed by atoms with Crippen LogP contribution < -0.4 is 9.64 Å². The van der Waals surface area contributed by atoms with Crippen LogP contribution in [-0.4, -0.2) is 66.6 Å². The summed E-state index contributed by atoms with van der Waals surface area (Å²) in [7, 11) is 0. The van der Waals surface area contributed by atoms with Crippen LogP contribution in [-0.2, 0) is 16.1 Å². The Morgan fingerprint density at radius 3 is 2.69 bits per heavy atom. The molecule has 0 spiro atoms.